The predicted molar refractivity (Wildman–Crippen MR) is 101 cm³/mol. The first kappa shape index (κ1) is 18.0. The van der Waals surface area contributed by atoms with Crippen LogP contribution in [0.4, 0.5) is 5.69 Å². The Hall–Kier alpha value is -2.76. The summed E-state index contributed by atoms with van der Waals surface area (Å²) in [5.41, 5.74) is 1.47. The van der Waals surface area contributed by atoms with Crippen molar-refractivity contribution in [1.29, 1.82) is 0 Å². The molecule has 0 bridgehead atoms. The highest BCUT2D eigenvalue weighted by molar-refractivity contribution is 6.36. The largest absolute Gasteiger partial charge is 0.422 e. The molecule has 1 aromatic heterocycles. The van der Waals surface area contributed by atoms with Crippen LogP contribution in [0.2, 0.25) is 10.0 Å². The second-order valence-electron chi connectivity index (χ2n) is 5.42. The van der Waals surface area contributed by atoms with Gasteiger partial charge in [0, 0.05) is 15.6 Å². The number of hydrogen-bond donors (Lipinski definition) is 0. The van der Waals surface area contributed by atoms with E-state index in [9.17, 15) is 9.70 Å². The number of aromatic nitrogens is 1. The topological polar surface area (TPSA) is 68.6 Å². The molecule has 5 nitrogen and oxygen atoms in total. The Morgan fingerprint density at radius 2 is 1.69 bits per heavy atom. The molecule has 0 N–H and O–H groups in total. The monoisotopic (exact) mass is 386 g/mol. The summed E-state index contributed by atoms with van der Waals surface area (Å²) in [6.45, 7) is 1.80. The Bertz CT molecular complexity index is 968. The Morgan fingerprint density at radius 1 is 1.04 bits per heavy atom. The number of nitrogens with zero attached hydrogens (tertiary/aromatic N) is 2. The summed E-state index contributed by atoms with van der Waals surface area (Å²) in [6.07, 6.45) is 0. The molecular weight excluding hydrogens is 375 g/mol. The van der Waals surface area contributed by atoms with E-state index in [2.05, 4.69) is 10.2 Å². The van der Waals surface area contributed by atoms with Gasteiger partial charge in [-0.05, 0) is 54.1 Å². The molecule has 0 aliphatic carbocycles. The SMILES string of the molecule is Cc1c(Cl)cc(-c2ccc(N=O)c(C(=O)Oc3ccccc3)n2)cc1Cl. The molecule has 0 atom stereocenters. The molecule has 0 fully saturated rings. The fourth-order valence-corrected chi connectivity index (χ4v) is 2.76. The molecule has 3 aromatic rings. The van der Waals surface area contributed by atoms with Crippen molar-refractivity contribution in [3.8, 4) is 17.0 Å². The van der Waals surface area contributed by atoms with Gasteiger partial charge in [0.05, 0.1) is 5.69 Å². The van der Waals surface area contributed by atoms with Gasteiger partial charge in [-0.2, -0.15) is 0 Å². The maximum absolute atomic E-state index is 12.4. The number of ether oxygens (including phenoxy) is 1. The molecule has 7 heteroatoms. The van der Waals surface area contributed by atoms with Gasteiger partial charge in [-0.25, -0.2) is 9.78 Å². The maximum Gasteiger partial charge on any atom is 0.364 e. The molecule has 0 radical (unpaired) electrons. The van der Waals surface area contributed by atoms with E-state index >= 15 is 0 Å². The van der Waals surface area contributed by atoms with Crippen molar-refractivity contribution < 1.29 is 9.53 Å². The average Bonchev–Trinajstić information content (AvgIpc) is 2.66. The van der Waals surface area contributed by atoms with E-state index in [-0.39, 0.29) is 11.4 Å². The minimum Gasteiger partial charge on any atom is -0.422 e. The van der Waals surface area contributed by atoms with E-state index in [1.165, 1.54) is 6.07 Å². The summed E-state index contributed by atoms with van der Waals surface area (Å²) in [7, 11) is 0. The number of benzene rings is 2. The molecule has 2 aromatic carbocycles. The molecule has 0 amide bonds. The lowest BCUT2D eigenvalue weighted by molar-refractivity contribution is 0.0729. The zero-order valence-corrected chi connectivity index (χ0v) is 15.1. The van der Waals surface area contributed by atoms with Gasteiger partial charge in [-0.1, -0.05) is 41.4 Å². The molecular formula is C19H12Cl2N2O3. The first-order valence-corrected chi connectivity index (χ1v) is 8.33. The van der Waals surface area contributed by atoms with Crippen molar-refractivity contribution in [1.82, 2.24) is 4.98 Å². The summed E-state index contributed by atoms with van der Waals surface area (Å²) in [5.74, 6) is -0.445. The minimum absolute atomic E-state index is 0.112. The number of carbonyl (C=O) groups is 1. The van der Waals surface area contributed by atoms with Gasteiger partial charge in [0.2, 0.25) is 0 Å². The van der Waals surface area contributed by atoms with Crippen LogP contribution in [-0.4, -0.2) is 11.0 Å². The number of hydrogen-bond acceptors (Lipinski definition) is 5. The molecule has 3 rings (SSSR count). The Morgan fingerprint density at radius 3 is 2.31 bits per heavy atom. The first-order chi connectivity index (χ1) is 12.5. The van der Waals surface area contributed by atoms with E-state index in [4.69, 9.17) is 27.9 Å². The van der Waals surface area contributed by atoms with Crippen LogP contribution in [0.15, 0.2) is 59.8 Å². The van der Waals surface area contributed by atoms with Crippen molar-refractivity contribution in [3.63, 3.8) is 0 Å². The third kappa shape index (κ3) is 3.74. The summed E-state index contributed by atoms with van der Waals surface area (Å²) in [4.78, 5) is 27.7. The zero-order valence-electron chi connectivity index (χ0n) is 13.6. The molecule has 0 saturated carbocycles. The Balaban J connectivity index is 2.02. The van der Waals surface area contributed by atoms with Gasteiger partial charge in [0.25, 0.3) is 0 Å². The van der Waals surface area contributed by atoms with E-state index in [0.717, 1.165) is 5.56 Å². The van der Waals surface area contributed by atoms with Crippen LogP contribution in [0.3, 0.4) is 0 Å². The first-order valence-electron chi connectivity index (χ1n) is 7.57. The number of halogens is 2. The summed E-state index contributed by atoms with van der Waals surface area (Å²) in [6, 6.07) is 14.8. The number of rotatable bonds is 4. The van der Waals surface area contributed by atoms with Crippen LogP contribution >= 0.6 is 23.2 Å². The Kier molecular flexibility index (Phi) is 5.30. The third-order valence-electron chi connectivity index (χ3n) is 3.70. The van der Waals surface area contributed by atoms with Crippen molar-refractivity contribution in [2.24, 2.45) is 5.18 Å². The van der Waals surface area contributed by atoms with E-state index in [1.54, 1.807) is 55.5 Å². The zero-order chi connectivity index (χ0) is 18.7. The molecule has 0 spiro atoms. The van der Waals surface area contributed by atoms with Crippen molar-refractivity contribution >= 4 is 34.9 Å². The molecule has 26 heavy (non-hydrogen) atoms. The molecule has 0 aliphatic heterocycles. The summed E-state index contributed by atoms with van der Waals surface area (Å²) < 4.78 is 5.25. The van der Waals surface area contributed by atoms with Crippen LogP contribution in [0.5, 0.6) is 5.75 Å². The second-order valence-corrected chi connectivity index (χ2v) is 6.24. The van der Waals surface area contributed by atoms with Gasteiger partial charge < -0.3 is 4.74 Å². The highest BCUT2D eigenvalue weighted by atomic mass is 35.5. The number of esters is 1. The molecule has 0 aliphatic rings. The summed E-state index contributed by atoms with van der Waals surface area (Å²) >= 11 is 12.3. The van der Waals surface area contributed by atoms with Crippen LogP contribution in [0.25, 0.3) is 11.3 Å². The minimum atomic E-state index is -0.781. The standard InChI is InChI=1S/C19H12Cl2N2O3/c1-11-14(20)9-12(10-15(11)21)16-7-8-17(23-25)18(22-16)19(24)26-13-5-3-2-4-6-13/h2-10H,1H3. The molecule has 130 valence electrons. The van der Waals surface area contributed by atoms with Gasteiger partial charge in [-0.15, -0.1) is 4.91 Å². The number of carbonyl (C=O) groups excluding carboxylic acids is 1. The highest BCUT2D eigenvalue weighted by Gasteiger charge is 2.19. The van der Waals surface area contributed by atoms with Crippen LogP contribution in [0, 0.1) is 11.8 Å². The van der Waals surface area contributed by atoms with Crippen LogP contribution in [0.1, 0.15) is 16.1 Å². The average molecular weight is 387 g/mol. The molecule has 0 saturated heterocycles. The van der Waals surface area contributed by atoms with E-state index in [1.807, 2.05) is 0 Å². The highest BCUT2D eigenvalue weighted by Crippen LogP contribution is 2.32. The van der Waals surface area contributed by atoms with Gasteiger partial charge in [0.1, 0.15) is 11.4 Å². The number of pyridine rings is 1. The van der Waals surface area contributed by atoms with E-state index in [0.29, 0.717) is 27.1 Å². The summed E-state index contributed by atoms with van der Waals surface area (Å²) in [5, 5.41) is 3.80. The maximum atomic E-state index is 12.4. The van der Waals surface area contributed by atoms with E-state index < -0.39 is 5.97 Å². The molecule has 0 unspecified atom stereocenters. The van der Waals surface area contributed by atoms with Gasteiger partial charge in [-0.3, -0.25) is 0 Å². The lowest BCUT2D eigenvalue weighted by Crippen LogP contribution is -2.11. The predicted octanol–water partition coefficient (Wildman–Crippen LogP) is 5.98. The number of nitroso groups, excluding NO2 is 1. The van der Waals surface area contributed by atoms with Crippen molar-refractivity contribution in [2.45, 2.75) is 6.92 Å². The smallest absolute Gasteiger partial charge is 0.364 e. The fourth-order valence-electron chi connectivity index (χ4n) is 2.27. The fraction of sp³-hybridized carbons (Fsp3) is 0.0526. The Labute approximate surface area is 159 Å². The van der Waals surface area contributed by atoms with Gasteiger partial charge in [0.15, 0.2) is 5.69 Å². The molecule has 1 heterocycles. The second kappa shape index (κ2) is 7.64. The normalized spacial score (nSPS) is 10.4. The number of para-hydroxylation sites is 1. The van der Waals surface area contributed by atoms with Crippen molar-refractivity contribution in [2.75, 3.05) is 0 Å². The lowest BCUT2D eigenvalue weighted by Gasteiger charge is -2.09. The van der Waals surface area contributed by atoms with Crippen molar-refractivity contribution in [3.05, 3.63) is 80.8 Å². The van der Waals surface area contributed by atoms with Crippen LogP contribution < -0.4 is 4.74 Å². The lowest BCUT2D eigenvalue weighted by atomic mass is 10.1. The van der Waals surface area contributed by atoms with Crippen LogP contribution in [-0.2, 0) is 0 Å². The third-order valence-corrected chi connectivity index (χ3v) is 4.48. The quantitative estimate of drug-likeness (QED) is 0.314. The van der Waals surface area contributed by atoms with Gasteiger partial charge >= 0.3 is 5.97 Å².